The molecule has 1 rings (SSSR count). The monoisotopic (exact) mass is 265 g/mol. The molecule has 0 amide bonds. The van der Waals surface area contributed by atoms with Gasteiger partial charge < -0.3 is 15.2 Å². The minimum atomic E-state index is -0.166. The first-order valence-electron chi connectivity index (χ1n) is 7.00. The molecule has 1 unspecified atom stereocenters. The van der Waals surface area contributed by atoms with Gasteiger partial charge in [-0.2, -0.15) is 0 Å². The highest BCUT2D eigenvalue weighted by Crippen LogP contribution is 2.17. The molecule has 19 heavy (non-hydrogen) atoms. The Balaban J connectivity index is 2.26. The summed E-state index contributed by atoms with van der Waals surface area (Å²) in [6.07, 6.45) is 3.00. The molecule has 0 heterocycles. The molecule has 0 bridgehead atoms. The van der Waals surface area contributed by atoms with Crippen LogP contribution < -0.4 is 10.1 Å². The van der Waals surface area contributed by atoms with Crippen LogP contribution in [0.15, 0.2) is 18.2 Å². The van der Waals surface area contributed by atoms with E-state index in [9.17, 15) is 5.11 Å². The highest BCUT2D eigenvalue weighted by molar-refractivity contribution is 5.33. The first-order chi connectivity index (χ1) is 9.00. The first kappa shape index (κ1) is 16.0. The fraction of sp³-hybridized carbons (Fsp3) is 0.625. The van der Waals surface area contributed by atoms with Crippen molar-refractivity contribution in [1.82, 2.24) is 5.32 Å². The number of nitrogens with one attached hydrogen (secondary N) is 1. The van der Waals surface area contributed by atoms with E-state index in [0.717, 1.165) is 31.6 Å². The topological polar surface area (TPSA) is 41.5 Å². The van der Waals surface area contributed by atoms with Crippen molar-refractivity contribution in [1.29, 1.82) is 0 Å². The van der Waals surface area contributed by atoms with Crippen molar-refractivity contribution in [3.63, 3.8) is 0 Å². The SMILES string of the molecule is CNC(C)(CO)CCCCOc1ccc(C)c(C)c1. The lowest BCUT2D eigenvalue weighted by Gasteiger charge is -2.26. The summed E-state index contributed by atoms with van der Waals surface area (Å²) in [6.45, 7) is 7.14. The molecule has 108 valence electrons. The zero-order chi connectivity index (χ0) is 14.3. The Hall–Kier alpha value is -1.06. The van der Waals surface area contributed by atoms with Crippen LogP contribution in [0.25, 0.3) is 0 Å². The Morgan fingerprint density at radius 3 is 2.53 bits per heavy atom. The van der Waals surface area contributed by atoms with Gasteiger partial charge in [0.05, 0.1) is 13.2 Å². The van der Waals surface area contributed by atoms with Crippen molar-refractivity contribution in [2.24, 2.45) is 0 Å². The molecule has 3 nitrogen and oxygen atoms in total. The molecule has 2 N–H and O–H groups in total. The summed E-state index contributed by atoms with van der Waals surface area (Å²) in [7, 11) is 1.89. The van der Waals surface area contributed by atoms with E-state index in [1.54, 1.807) is 0 Å². The number of hydrogen-bond acceptors (Lipinski definition) is 3. The number of ether oxygens (including phenoxy) is 1. The Labute approximate surface area is 117 Å². The second-order valence-corrected chi connectivity index (χ2v) is 5.52. The summed E-state index contributed by atoms with van der Waals surface area (Å²) in [4.78, 5) is 0. The fourth-order valence-electron chi connectivity index (χ4n) is 1.89. The van der Waals surface area contributed by atoms with Crippen LogP contribution in [0.1, 0.15) is 37.3 Å². The lowest BCUT2D eigenvalue weighted by atomic mass is 9.96. The Morgan fingerprint density at radius 2 is 1.95 bits per heavy atom. The number of likely N-dealkylation sites (N-methyl/N-ethyl adjacent to an activating group) is 1. The zero-order valence-electron chi connectivity index (χ0n) is 12.6. The summed E-state index contributed by atoms with van der Waals surface area (Å²) in [5.74, 6) is 0.946. The molecule has 0 spiro atoms. The normalized spacial score (nSPS) is 14.2. The van der Waals surface area contributed by atoms with Crippen LogP contribution in [-0.4, -0.2) is 30.9 Å². The van der Waals surface area contributed by atoms with Crippen LogP contribution in [-0.2, 0) is 0 Å². The van der Waals surface area contributed by atoms with Crippen molar-refractivity contribution in [2.45, 2.75) is 45.6 Å². The van der Waals surface area contributed by atoms with Gasteiger partial charge in [-0.1, -0.05) is 6.07 Å². The molecule has 1 atom stereocenters. The van der Waals surface area contributed by atoms with E-state index in [-0.39, 0.29) is 12.1 Å². The van der Waals surface area contributed by atoms with Gasteiger partial charge >= 0.3 is 0 Å². The average molecular weight is 265 g/mol. The second kappa shape index (κ2) is 7.51. The third kappa shape index (κ3) is 5.21. The zero-order valence-corrected chi connectivity index (χ0v) is 12.6. The van der Waals surface area contributed by atoms with Crippen LogP contribution in [0.3, 0.4) is 0 Å². The van der Waals surface area contributed by atoms with E-state index in [1.165, 1.54) is 11.1 Å². The van der Waals surface area contributed by atoms with E-state index in [0.29, 0.717) is 0 Å². The molecule has 0 aliphatic heterocycles. The van der Waals surface area contributed by atoms with E-state index in [1.807, 2.05) is 20.0 Å². The maximum absolute atomic E-state index is 9.28. The predicted molar refractivity (Wildman–Crippen MR) is 79.8 cm³/mol. The highest BCUT2D eigenvalue weighted by atomic mass is 16.5. The van der Waals surface area contributed by atoms with Gasteiger partial charge in [0.15, 0.2) is 0 Å². The summed E-state index contributed by atoms with van der Waals surface area (Å²) < 4.78 is 5.74. The minimum Gasteiger partial charge on any atom is -0.494 e. The van der Waals surface area contributed by atoms with E-state index in [2.05, 4.69) is 31.3 Å². The lowest BCUT2D eigenvalue weighted by Crippen LogP contribution is -2.43. The summed E-state index contributed by atoms with van der Waals surface area (Å²) in [6, 6.07) is 6.20. The van der Waals surface area contributed by atoms with Crippen molar-refractivity contribution >= 4 is 0 Å². The number of aryl methyl sites for hydroxylation is 2. The Kier molecular flexibility index (Phi) is 6.32. The second-order valence-electron chi connectivity index (χ2n) is 5.52. The third-order valence-corrected chi connectivity index (χ3v) is 3.82. The maximum atomic E-state index is 9.28. The summed E-state index contributed by atoms with van der Waals surface area (Å²) in [5, 5.41) is 12.4. The van der Waals surface area contributed by atoms with Gasteiger partial charge in [0, 0.05) is 5.54 Å². The Bertz CT molecular complexity index is 386. The average Bonchev–Trinajstić information content (AvgIpc) is 2.42. The quantitative estimate of drug-likeness (QED) is 0.710. The van der Waals surface area contributed by atoms with Gasteiger partial charge in [-0.05, 0) is 70.3 Å². The van der Waals surface area contributed by atoms with E-state index >= 15 is 0 Å². The smallest absolute Gasteiger partial charge is 0.119 e. The molecule has 0 fully saturated rings. The van der Waals surface area contributed by atoms with Gasteiger partial charge in [0.1, 0.15) is 5.75 Å². The summed E-state index contributed by atoms with van der Waals surface area (Å²) in [5.41, 5.74) is 2.39. The van der Waals surface area contributed by atoms with Gasteiger partial charge in [0.2, 0.25) is 0 Å². The number of aliphatic hydroxyl groups is 1. The van der Waals surface area contributed by atoms with Crippen LogP contribution in [0.5, 0.6) is 5.75 Å². The van der Waals surface area contributed by atoms with Crippen LogP contribution >= 0.6 is 0 Å². The van der Waals surface area contributed by atoms with Gasteiger partial charge in [-0.25, -0.2) is 0 Å². The molecule has 1 aromatic carbocycles. The molecular weight excluding hydrogens is 238 g/mol. The third-order valence-electron chi connectivity index (χ3n) is 3.82. The number of unbranched alkanes of at least 4 members (excludes halogenated alkanes) is 1. The number of rotatable bonds is 8. The number of aliphatic hydroxyl groups excluding tert-OH is 1. The van der Waals surface area contributed by atoms with Crippen LogP contribution in [0.2, 0.25) is 0 Å². The molecule has 0 radical (unpaired) electrons. The molecule has 0 aliphatic carbocycles. The molecular formula is C16H27NO2. The van der Waals surface area contributed by atoms with Crippen molar-refractivity contribution in [3.05, 3.63) is 29.3 Å². The van der Waals surface area contributed by atoms with Gasteiger partial charge in [-0.3, -0.25) is 0 Å². The Morgan fingerprint density at radius 1 is 1.21 bits per heavy atom. The van der Waals surface area contributed by atoms with Crippen LogP contribution in [0, 0.1) is 13.8 Å². The molecule has 0 aromatic heterocycles. The van der Waals surface area contributed by atoms with E-state index < -0.39 is 0 Å². The van der Waals surface area contributed by atoms with Crippen LogP contribution in [0.4, 0.5) is 0 Å². The molecule has 0 aliphatic rings. The minimum absolute atomic E-state index is 0.166. The van der Waals surface area contributed by atoms with Crippen molar-refractivity contribution in [3.8, 4) is 5.75 Å². The fourth-order valence-corrected chi connectivity index (χ4v) is 1.89. The molecule has 0 saturated carbocycles. The van der Waals surface area contributed by atoms with E-state index in [4.69, 9.17) is 4.74 Å². The number of hydrogen-bond donors (Lipinski definition) is 2. The molecule has 1 aromatic rings. The largest absolute Gasteiger partial charge is 0.494 e. The van der Waals surface area contributed by atoms with Gasteiger partial charge in [-0.15, -0.1) is 0 Å². The summed E-state index contributed by atoms with van der Waals surface area (Å²) >= 11 is 0. The standard InChI is InChI=1S/C16H27NO2/c1-13-7-8-15(11-14(13)2)19-10-6-5-9-16(3,12-18)17-4/h7-8,11,17-18H,5-6,9-10,12H2,1-4H3. The molecule has 0 saturated heterocycles. The van der Waals surface area contributed by atoms with Crippen molar-refractivity contribution < 1.29 is 9.84 Å². The maximum Gasteiger partial charge on any atom is 0.119 e. The molecule has 3 heteroatoms. The first-order valence-corrected chi connectivity index (χ1v) is 7.00. The lowest BCUT2D eigenvalue weighted by molar-refractivity contribution is 0.168. The van der Waals surface area contributed by atoms with Crippen molar-refractivity contribution in [2.75, 3.05) is 20.3 Å². The number of benzene rings is 1. The highest BCUT2D eigenvalue weighted by Gasteiger charge is 2.19. The predicted octanol–water partition coefficient (Wildman–Crippen LogP) is 2.82. The van der Waals surface area contributed by atoms with Gasteiger partial charge in [0.25, 0.3) is 0 Å².